The van der Waals surface area contributed by atoms with Crippen LogP contribution in [-0.4, -0.2) is 37.2 Å². The summed E-state index contributed by atoms with van der Waals surface area (Å²) in [7, 11) is 1.64. The zero-order chi connectivity index (χ0) is 25.1. The molecule has 0 atom stereocenters. The lowest BCUT2D eigenvalue weighted by Crippen LogP contribution is -2.28. The molecule has 5 rings (SSSR count). The predicted octanol–water partition coefficient (Wildman–Crippen LogP) is 3.98. The molecule has 0 saturated carbocycles. The highest BCUT2D eigenvalue weighted by atomic mass is 16.5. The molecule has 0 aliphatic carbocycles. The first-order valence-corrected chi connectivity index (χ1v) is 11.7. The topological polar surface area (TPSA) is 102 Å². The second-order valence-electron chi connectivity index (χ2n) is 8.99. The number of nitrogens with zero attached hydrogens (tertiary/aromatic N) is 5. The fourth-order valence-electron chi connectivity index (χ4n) is 4.43. The van der Waals surface area contributed by atoms with Crippen LogP contribution in [-0.2, 0) is 26.2 Å². The van der Waals surface area contributed by atoms with Gasteiger partial charge in [-0.3, -0.25) is 9.69 Å². The molecule has 2 aromatic carbocycles. The summed E-state index contributed by atoms with van der Waals surface area (Å²) in [5.41, 5.74) is 4.72. The number of aromatic amines is 1. The quantitative estimate of drug-likeness (QED) is 0.338. The Kier molecular flexibility index (Phi) is 6.64. The summed E-state index contributed by atoms with van der Waals surface area (Å²) in [4.78, 5) is 18.2. The summed E-state index contributed by atoms with van der Waals surface area (Å²) < 4.78 is 12.6. The molecular weight excluding hydrogens is 456 g/mol. The van der Waals surface area contributed by atoms with Crippen molar-refractivity contribution in [3.8, 4) is 5.75 Å². The second-order valence-corrected chi connectivity index (χ2v) is 8.99. The average Bonchev–Trinajstić information content (AvgIpc) is 3.53. The lowest BCUT2D eigenvalue weighted by atomic mass is 10.0. The first-order chi connectivity index (χ1) is 17.5. The van der Waals surface area contributed by atoms with Crippen LogP contribution in [0.3, 0.4) is 0 Å². The normalized spacial score (nSPS) is 11.4. The van der Waals surface area contributed by atoms with Gasteiger partial charge in [-0.05, 0) is 77.4 Å². The van der Waals surface area contributed by atoms with E-state index in [1.165, 1.54) is 0 Å². The largest absolute Gasteiger partial charge is 0.497 e. The van der Waals surface area contributed by atoms with Gasteiger partial charge in [0.2, 0.25) is 0 Å². The summed E-state index contributed by atoms with van der Waals surface area (Å²) in [5.74, 6) is 2.29. The SMILES string of the molecule is COc1ccc(Cn2nnnc2CN(Cc2ccco2)Cc2cc3c(C)cc(C)cc3[nH]c2=O)cc1. The minimum Gasteiger partial charge on any atom is -0.497 e. The van der Waals surface area contributed by atoms with Gasteiger partial charge in [0.15, 0.2) is 5.82 Å². The summed E-state index contributed by atoms with van der Waals surface area (Å²) in [5, 5.41) is 13.4. The van der Waals surface area contributed by atoms with Crippen molar-refractivity contribution in [1.29, 1.82) is 0 Å². The number of H-pyrrole nitrogens is 1. The number of aromatic nitrogens is 5. The molecule has 0 amide bonds. The molecule has 0 unspecified atom stereocenters. The first kappa shape index (κ1) is 23.5. The molecule has 5 aromatic rings. The van der Waals surface area contributed by atoms with Gasteiger partial charge in [0.1, 0.15) is 11.5 Å². The maximum absolute atomic E-state index is 13.0. The number of nitrogens with one attached hydrogen (secondary N) is 1. The third kappa shape index (κ3) is 5.21. The van der Waals surface area contributed by atoms with E-state index in [0.29, 0.717) is 37.6 Å². The fraction of sp³-hybridized carbons (Fsp3) is 0.259. The smallest absolute Gasteiger partial charge is 0.252 e. The molecule has 0 fully saturated rings. The molecule has 3 heterocycles. The van der Waals surface area contributed by atoms with E-state index >= 15 is 0 Å². The number of fused-ring (bicyclic) bond motifs is 1. The second kappa shape index (κ2) is 10.2. The zero-order valence-electron chi connectivity index (χ0n) is 20.6. The first-order valence-electron chi connectivity index (χ1n) is 11.7. The summed E-state index contributed by atoms with van der Waals surface area (Å²) in [6, 6.07) is 17.7. The van der Waals surface area contributed by atoms with E-state index in [2.05, 4.69) is 38.4 Å². The van der Waals surface area contributed by atoms with E-state index in [0.717, 1.165) is 39.1 Å². The van der Waals surface area contributed by atoms with Crippen LogP contribution in [0.2, 0.25) is 0 Å². The van der Waals surface area contributed by atoms with Crippen LogP contribution in [0.1, 0.15) is 33.8 Å². The fourth-order valence-corrected chi connectivity index (χ4v) is 4.43. The van der Waals surface area contributed by atoms with Crippen molar-refractivity contribution in [1.82, 2.24) is 30.1 Å². The van der Waals surface area contributed by atoms with Crippen molar-refractivity contribution in [2.24, 2.45) is 0 Å². The minimum absolute atomic E-state index is 0.102. The third-order valence-electron chi connectivity index (χ3n) is 6.21. The highest BCUT2D eigenvalue weighted by Crippen LogP contribution is 2.20. The third-order valence-corrected chi connectivity index (χ3v) is 6.21. The Morgan fingerprint density at radius 2 is 1.89 bits per heavy atom. The molecule has 0 aliphatic heterocycles. The van der Waals surface area contributed by atoms with E-state index in [-0.39, 0.29) is 5.56 Å². The summed E-state index contributed by atoms with van der Waals surface area (Å²) in [6.45, 7) is 5.97. The number of rotatable bonds is 9. The Morgan fingerprint density at radius 1 is 1.06 bits per heavy atom. The van der Waals surface area contributed by atoms with Gasteiger partial charge in [-0.1, -0.05) is 18.2 Å². The number of aryl methyl sites for hydroxylation is 2. The molecular formula is C27H28N6O3. The Bertz CT molecular complexity index is 1520. The van der Waals surface area contributed by atoms with Crippen LogP contribution < -0.4 is 10.3 Å². The lowest BCUT2D eigenvalue weighted by molar-refractivity contribution is 0.217. The van der Waals surface area contributed by atoms with Gasteiger partial charge >= 0.3 is 0 Å². The van der Waals surface area contributed by atoms with Gasteiger partial charge < -0.3 is 14.1 Å². The standard InChI is InChI=1S/C27H28N6O3/c1-18-11-19(2)24-13-21(27(34)28-25(24)12-18)15-32(16-23-5-4-10-36-23)17-26-29-30-31-33(26)14-20-6-8-22(35-3)9-7-20/h4-13H,14-17H2,1-3H3,(H,28,34). The van der Waals surface area contributed by atoms with Crippen LogP contribution in [0.25, 0.3) is 10.9 Å². The number of hydrogen-bond acceptors (Lipinski definition) is 7. The van der Waals surface area contributed by atoms with Crippen molar-refractivity contribution in [3.63, 3.8) is 0 Å². The number of hydrogen-bond donors (Lipinski definition) is 1. The van der Waals surface area contributed by atoms with Crippen molar-refractivity contribution >= 4 is 10.9 Å². The Labute approximate surface area is 208 Å². The van der Waals surface area contributed by atoms with Crippen molar-refractivity contribution < 1.29 is 9.15 Å². The van der Waals surface area contributed by atoms with E-state index < -0.39 is 0 Å². The minimum atomic E-state index is -0.102. The van der Waals surface area contributed by atoms with Crippen molar-refractivity contribution in [3.05, 3.63) is 105 Å². The number of pyridine rings is 1. The van der Waals surface area contributed by atoms with Crippen LogP contribution in [0.15, 0.2) is 70.1 Å². The highest BCUT2D eigenvalue weighted by molar-refractivity contribution is 5.83. The predicted molar refractivity (Wildman–Crippen MR) is 136 cm³/mol. The molecule has 0 saturated heterocycles. The Hall–Kier alpha value is -4.24. The molecule has 0 radical (unpaired) electrons. The molecule has 36 heavy (non-hydrogen) atoms. The number of benzene rings is 2. The molecule has 9 nitrogen and oxygen atoms in total. The van der Waals surface area contributed by atoms with Crippen LogP contribution in [0.4, 0.5) is 0 Å². The number of tetrazole rings is 1. The van der Waals surface area contributed by atoms with Gasteiger partial charge in [-0.25, -0.2) is 4.68 Å². The maximum Gasteiger partial charge on any atom is 0.252 e. The van der Waals surface area contributed by atoms with E-state index in [4.69, 9.17) is 9.15 Å². The van der Waals surface area contributed by atoms with Crippen molar-refractivity contribution in [2.45, 2.75) is 40.0 Å². The maximum atomic E-state index is 13.0. The molecule has 0 spiro atoms. The monoisotopic (exact) mass is 484 g/mol. The summed E-state index contributed by atoms with van der Waals surface area (Å²) in [6.07, 6.45) is 1.65. The molecule has 0 aliphatic rings. The number of ether oxygens (including phenoxy) is 1. The molecule has 3 aromatic heterocycles. The summed E-state index contributed by atoms with van der Waals surface area (Å²) >= 11 is 0. The highest BCUT2D eigenvalue weighted by Gasteiger charge is 2.17. The lowest BCUT2D eigenvalue weighted by Gasteiger charge is -2.21. The van der Waals surface area contributed by atoms with Gasteiger partial charge in [0.25, 0.3) is 5.56 Å². The molecule has 9 heteroatoms. The van der Waals surface area contributed by atoms with Gasteiger partial charge in [0.05, 0.1) is 33.0 Å². The molecule has 1 N–H and O–H groups in total. The van der Waals surface area contributed by atoms with E-state index in [1.807, 2.05) is 55.5 Å². The van der Waals surface area contributed by atoms with Crippen molar-refractivity contribution in [2.75, 3.05) is 7.11 Å². The van der Waals surface area contributed by atoms with Gasteiger partial charge in [-0.15, -0.1) is 5.10 Å². The van der Waals surface area contributed by atoms with E-state index in [9.17, 15) is 4.79 Å². The zero-order valence-corrected chi connectivity index (χ0v) is 20.6. The van der Waals surface area contributed by atoms with Crippen LogP contribution in [0, 0.1) is 13.8 Å². The van der Waals surface area contributed by atoms with Gasteiger partial charge in [-0.2, -0.15) is 0 Å². The number of methoxy groups -OCH3 is 1. The average molecular weight is 485 g/mol. The van der Waals surface area contributed by atoms with Crippen LogP contribution >= 0.6 is 0 Å². The molecule has 0 bridgehead atoms. The van der Waals surface area contributed by atoms with E-state index in [1.54, 1.807) is 18.1 Å². The van der Waals surface area contributed by atoms with Gasteiger partial charge in [0, 0.05) is 23.0 Å². The Balaban J connectivity index is 1.42. The van der Waals surface area contributed by atoms with Crippen LogP contribution in [0.5, 0.6) is 5.75 Å². The number of furan rings is 1. The Morgan fingerprint density at radius 3 is 2.64 bits per heavy atom. The molecule has 184 valence electrons.